The van der Waals surface area contributed by atoms with Crippen LogP contribution in [0.25, 0.3) is 0 Å². The molecule has 0 saturated carbocycles. The molecule has 134 valence electrons. The van der Waals surface area contributed by atoms with Gasteiger partial charge in [0.25, 0.3) is 17.2 Å². The molecule has 0 amide bonds. The Kier molecular flexibility index (Phi) is 4.20. The Balaban J connectivity index is 1.82. The Labute approximate surface area is 152 Å². The van der Waals surface area contributed by atoms with Gasteiger partial charge in [0.2, 0.25) is 0 Å². The maximum atomic E-state index is 11.7. The van der Waals surface area contributed by atoms with Gasteiger partial charge in [-0.05, 0) is 31.4 Å². The van der Waals surface area contributed by atoms with Crippen LogP contribution in [-0.4, -0.2) is 33.5 Å². The second-order valence-corrected chi connectivity index (χ2v) is 6.92. The largest absolute Gasteiger partial charge is 0.346 e. The van der Waals surface area contributed by atoms with Gasteiger partial charge in [0, 0.05) is 24.1 Å². The van der Waals surface area contributed by atoms with Crippen molar-refractivity contribution in [2.24, 2.45) is 0 Å². The topological polar surface area (TPSA) is 69.6 Å². The average Bonchev–Trinajstić information content (AvgIpc) is 2.82. The van der Waals surface area contributed by atoms with Gasteiger partial charge in [-0.1, -0.05) is 30.3 Å². The molecule has 0 radical (unpaired) electrons. The zero-order valence-corrected chi connectivity index (χ0v) is 14.5. The number of aliphatic hydroxyl groups is 1. The molecule has 2 aliphatic rings. The second kappa shape index (κ2) is 6.53. The fourth-order valence-electron chi connectivity index (χ4n) is 4.03. The first-order valence-corrected chi connectivity index (χ1v) is 9.03. The maximum absolute atomic E-state index is 11.7. The van der Waals surface area contributed by atoms with E-state index in [4.69, 9.17) is 0 Å². The minimum atomic E-state index is -1.26. The van der Waals surface area contributed by atoms with Crippen LogP contribution in [0.15, 0.2) is 54.6 Å². The number of amidine groups is 1. The summed E-state index contributed by atoms with van der Waals surface area (Å²) in [7, 11) is 0. The minimum absolute atomic E-state index is 0.00505. The van der Waals surface area contributed by atoms with Crippen LogP contribution >= 0.6 is 0 Å². The molecule has 2 heterocycles. The highest BCUT2D eigenvalue weighted by Crippen LogP contribution is 2.36. The number of rotatable bonds is 3. The molecule has 0 aromatic heterocycles. The van der Waals surface area contributed by atoms with Crippen molar-refractivity contribution in [2.75, 3.05) is 18.0 Å². The lowest BCUT2D eigenvalue weighted by molar-refractivity contribution is -0.658. The predicted molar refractivity (Wildman–Crippen MR) is 99.4 cm³/mol. The Bertz CT molecular complexity index is 866. The number of anilines is 1. The number of hydrogen-bond donors (Lipinski definition) is 1. The van der Waals surface area contributed by atoms with Crippen LogP contribution in [0.2, 0.25) is 0 Å². The molecule has 6 heteroatoms. The second-order valence-electron chi connectivity index (χ2n) is 6.92. The van der Waals surface area contributed by atoms with Crippen molar-refractivity contribution in [3.8, 4) is 0 Å². The highest BCUT2D eigenvalue weighted by molar-refractivity contribution is 5.95. The lowest BCUT2D eigenvalue weighted by Crippen LogP contribution is -2.41. The molecule has 2 aliphatic heterocycles. The Morgan fingerprint density at radius 3 is 2.65 bits per heavy atom. The molecule has 2 aromatic carbocycles. The van der Waals surface area contributed by atoms with Gasteiger partial charge in [-0.3, -0.25) is 10.1 Å². The van der Waals surface area contributed by atoms with E-state index in [2.05, 4.69) is 4.90 Å². The molecule has 0 unspecified atom stereocenters. The van der Waals surface area contributed by atoms with E-state index >= 15 is 0 Å². The minimum Gasteiger partial charge on any atom is -0.346 e. The van der Waals surface area contributed by atoms with E-state index in [1.807, 2.05) is 34.9 Å². The van der Waals surface area contributed by atoms with Crippen LogP contribution in [0.3, 0.4) is 0 Å². The zero-order chi connectivity index (χ0) is 18.1. The Morgan fingerprint density at radius 1 is 1.08 bits per heavy atom. The van der Waals surface area contributed by atoms with Crippen molar-refractivity contribution in [3.63, 3.8) is 0 Å². The van der Waals surface area contributed by atoms with Gasteiger partial charge in [-0.25, -0.2) is 9.48 Å². The third-order valence-corrected chi connectivity index (χ3v) is 5.32. The fraction of sp³-hybridized carbons (Fsp3) is 0.350. The van der Waals surface area contributed by atoms with Gasteiger partial charge in [0.15, 0.2) is 6.54 Å². The number of hydrogen-bond acceptors (Lipinski definition) is 4. The van der Waals surface area contributed by atoms with Crippen LogP contribution in [0.4, 0.5) is 11.4 Å². The molecule has 0 aliphatic carbocycles. The molecular weight excluding hydrogens is 330 g/mol. The van der Waals surface area contributed by atoms with Gasteiger partial charge < -0.3 is 5.11 Å². The lowest BCUT2D eigenvalue weighted by Gasteiger charge is -2.23. The summed E-state index contributed by atoms with van der Waals surface area (Å²) in [6.07, 6.45) is 4.10. The molecule has 2 aromatic rings. The third-order valence-electron chi connectivity index (χ3n) is 5.32. The molecule has 0 bridgehead atoms. The first-order chi connectivity index (χ1) is 12.6. The van der Waals surface area contributed by atoms with Gasteiger partial charge in [-0.15, -0.1) is 0 Å². The first kappa shape index (κ1) is 16.7. The van der Waals surface area contributed by atoms with E-state index < -0.39 is 10.6 Å². The van der Waals surface area contributed by atoms with Gasteiger partial charge in [0.05, 0.1) is 11.5 Å². The fourth-order valence-corrected chi connectivity index (χ4v) is 4.03. The number of β-amino-alcohol motifs (C(OH)–C–C–N with tert-alkyl or cyclic N) is 1. The van der Waals surface area contributed by atoms with E-state index in [0.29, 0.717) is 12.1 Å². The number of non-ortho nitro benzene ring substituents is 1. The smallest absolute Gasteiger partial charge is 0.271 e. The standard InChI is InChI=1S/C20H22N3O3/c24-20(16-8-7-11-18(14-16)23(25)26)15-21(17-9-3-1-4-10-17)19-12-5-2-6-13-22(19)20/h1,3-4,7-11,14,24H,2,5-6,12-13,15H2/q+1/t20-/m1/s1. The van der Waals surface area contributed by atoms with Crippen molar-refractivity contribution in [1.82, 2.24) is 0 Å². The Morgan fingerprint density at radius 2 is 1.88 bits per heavy atom. The van der Waals surface area contributed by atoms with Crippen molar-refractivity contribution in [3.05, 3.63) is 70.3 Å². The molecule has 0 saturated heterocycles. The number of nitro benzene ring substituents is 1. The van der Waals surface area contributed by atoms with Crippen LogP contribution in [-0.2, 0) is 5.72 Å². The van der Waals surface area contributed by atoms with Crippen molar-refractivity contribution >= 4 is 17.2 Å². The molecule has 0 fully saturated rings. The average molecular weight is 352 g/mol. The zero-order valence-electron chi connectivity index (χ0n) is 14.5. The first-order valence-electron chi connectivity index (χ1n) is 9.03. The summed E-state index contributed by atoms with van der Waals surface area (Å²) in [5.41, 5.74) is 0.354. The van der Waals surface area contributed by atoms with E-state index in [-0.39, 0.29) is 5.69 Å². The summed E-state index contributed by atoms with van der Waals surface area (Å²) in [6, 6.07) is 16.4. The molecule has 1 N–H and O–H groups in total. The van der Waals surface area contributed by atoms with E-state index in [9.17, 15) is 15.2 Å². The maximum Gasteiger partial charge on any atom is 0.271 e. The highest BCUT2D eigenvalue weighted by atomic mass is 16.6. The van der Waals surface area contributed by atoms with E-state index in [0.717, 1.165) is 43.8 Å². The van der Waals surface area contributed by atoms with E-state index in [1.165, 1.54) is 12.1 Å². The summed E-state index contributed by atoms with van der Waals surface area (Å²) in [6.45, 7) is 1.12. The highest BCUT2D eigenvalue weighted by Gasteiger charge is 2.52. The molecule has 1 atom stereocenters. The third kappa shape index (κ3) is 2.76. The van der Waals surface area contributed by atoms with E-state index in [1.54, 1.807) is 12.1 Å². The van der Waals surface area contributed by atoms with Gasteiger partial charge >= 0.3 is 0 Å². The number of nitrogens with zero attached hydrogens (tertiary/aromatic N) is 3. The monoisotopic (exact) mass is 352 g/mol. The summed E-state index contributed by atoms with van der Waals surface area (Å²) >= 11 is 0. The van der Waals surface area contributed by atoms with Crippen molar-refractivity contribution in [2.45, 2.75) is 31.4 Å². The van der Waals surface area contributed by atoms with Crippen LogP contribution in [0.5, 0.6) is 0 Å². The number of benzene rings is 2. The normalized spacial score (nSPS) is 22.9. The molecule has 6 nitrogen and oxygen atoms in total. The Hall–Kier alpha value is -2.73. The van der Waals surface area contributed by atoms with Crippen LogP contribution < -0.4 is 4.90 Å². The molecule has 0 spiro atoms. The van der Waals surface area contributed by atoms with Crippen molar-refractivity contribution in [1.29, 1.82) is 0 Å². The van der Waals surface area contributed by atoms with Crippen molar-refractivity contribution < 1.29 is 14.6 Å². The summed E-state index contributed by atoms with van der Waals surface area (Å²) < 4.78 is 2.05. The van der Waals surface area contributed by atoms with Crippen LogP contribution in [0, 0.1) is 10.1 Å². The SMILES string of the molecule is O=[N+]([O-])c1cccc([C@]2(O)CN(c3ccccc3)C3=[N+]2CCCCC3)c1. The van der Waals surface area contributed by atoms with Gasteiger partial charge in [0.1, 0.15) is 5.69 Å². The van der Waals surface area contributed by atoms with Gasteiger partial charge in [-0.2, -0.15) is 0 Å². The van der Waals surface area contributed by atoms with Crippen LogP contribution in [0.1, 0.15) is 31.2 Å². The molecule has 26 heavy (non-hydrogen) atoms. The number of para-hydroxylation sites is 1. The summed E-state index contributed by atoms with van der Waals surface area (Å²) in [5.74, 6) is 1.10. The molecule has 4 rings (SSSR count). The lowest BCUT2D eigenvalue weighted by atomic mass is 10.0. The quantitative estimate of drug-likeness (QED) is 0.523. The summed E-state index contributed by atoms with van der Waals surface area (Å²) in [5, 5.41) is 22.9. The predicted octanol–water partition coefficient (Wildman–Crippen LogP) is 3.25. The molecular formula is C20H22N3O3+. The summed E-state index contributed by atoms with van der Waals surface area (Å²) in [4.78, 5) is 12.9. The number of nitro groups is 1.